The first kappa shape index (κ1) is 13.8. The Hall–Kier alpha value is -1.15. The van der Waals surface area contributed by atoms with Crippen LogP contribution in [0.2, 0.25) is 0 Å². The maximum Gasteiger partial charge on any atom is 0.245 e. The van der Waals surface area contributed by atoms with Gasteiger partial charge in [-0.2, -0.15) is 4.98 Å². The van der Waals surface area contributed by atoms with Gasteiger partial charge < -0.3 is 10.2 Å². The third-order valence-electron chi connectivity index (χ3n) is 3.54. The lowest BCUT2D eigenvalue weighted by atomic mass is 10.1. The maximum absolute atomic E-state index is 4.67. The van der Waals surface area contributed by atoms with Crippen LogP contribution in [0.15, 0.2) is 18.2 Å². The summed E-state index contributed by atoms with van der Waals surface area (Å²) in [5.41, 5.74) is 2.39. The van der Waals surface area contributed by atoms with E-state index in [9.17, 15) is 0 Å². The topological polar surface area (TPSA) is 56.8 Å². The van der Waals surface area contributed by atoms with E-state index in [-0.39, 0.29) is 0 Å². The lowest BCUT2D eigenvalue weighted by Gasteiger charge is -2.16. The number of halogens is 1. The van der Waals surface area contributed by atoms with Gasteiger partial charge in [-0.1, -0.05) is 18.2 Å². The molecular weight excluding hydrogens is 365 g/mol. The maximum atomic E-state index is 4.67. The van der Waals surface area contributed by atoms with E-state index < -0.39 is 0 Å². The molecule has 2 heterocycles. The van der Waals surface area contributed by atoms with Gasteiger partial charge in [-0.25, -0.2) is 0 Å². The number of nitrogens with one attached hydrogen (secondary N) is 2. The van der Waals surface area contributed by atoms with Crippen molar-refractivity contribution in [2.45, 2.75) is 13.3 Å². The van der Waals surface area contributed by atoms with Crippen LogP contribution in [0, 0.1) is 10.5 Å². The van der Waals surface area contributed by atoms with E-state index in [1.807, 2.05) is 0 Å². The molecule has 1 saturated heterocycles. The van der Waals surface area contributed by atoms with Crippen molar-refractivity contribution in [3.63, 3.8) is 0 Å². The Morgan fingerprint density at radius 2 is 2.15 bits per heavy atom. The first-order valence-corrected chi connectivity index (χ1v) is 7.97. The summed E-state index contributed by atoms with van der Waals surface area (Å²) in [6, 6.07) is 6.26. The zero-order chi connectivity index (χ0) is 13.9. The number of nitrogens with zero attached hydrogens (tertiary/aromatic N) is 3. The molecule has 0 bridgehead atoms. The van der Waals surface area contributed by atoms with Crippen LogP contribution in [0.5, 0.6) is 0 Å². The molecule has 0 radical (unpaired) electrons. The van der Waals surface area contributed by atoms with Crippen LogP contribution in [0.25, 0.3) is 11.4 Å². The Morgan fingerprint density at radius 3 is 3.05 bits per heavy atom. The summed E-state index contributed by atoms with van der Waals surface area (Å²) in [5, 5.41) is 10.9. The number of aromatic nitrogens is 3. The summed E-state index contributed by atoms with van der Waals surface area (Å²) < 4.78 is 1.23. The molecule has 2 N–H and O–H groups in total. The lowest BCUT2D eigenvalue weighted by molar-refractivity contribution is 0.724. The van der Waals surface area contributed by atoms with Crippen molar-refractivity contribution in [3.05, 3.63) is 27.3 Å². The molecule has 0 saturated carbocycles. The van der Waals surface area contributed by atoms with Gasteiger partial charge in [0.2, 0.25) is 5.95 Å². The number of aromatic amines is 1. The molecular formula is C14H18IN5. The quantitative estimate of drug-likeness (QED) is 0.781. The summed E-state index contributed by atoms with van der Waals surface area (Å²) >= 11 is 2.37. The van der Waals surface area contributed by atoms with E-state index in [1.165, 1.54) is 9.13 Å². The third kappa shape index (κ3) is 2.80. The number of benzene rings is 1. The highest BCUT2D eigenvalue weighted by molar-refractivity contribution is 14.1. The van der Waals surface area contributed by atoms with Crippen molar-refractivity contribution in [1.29, 1.82) is 0 Å². The Labute approximate surface area is 132 Å². The van der Waals surface area contributed by atoms with Gasteiger partial charge >= 0.3 is 0 Å². The largest absolute Gasteiger partial charge is 0.338 e. The molecule has 0 amide bonds. The molecule has 1 aliphatic rings. The molecule has 20 heavy (non-hydrogen) atoms. The van der Waals surface area contributed by atoms with Crippen molar-refractivity contribution in [2.75, 3.05) is 31.1 Å². The summed E-state index contributed by atoms with van der Waals surface area (Å²) in [5.74, 6) is 1.66. The first-order chi connectivity index (χ1) is 9.75. The fourth-order valence-corrected chi connectivity index (χ4v) is 3.01. The smallest absolute Gasteiger partial charge is 0.245 e. The predicted octanol–water partition coefficient (Wildman–Crippen LogP) is 2.18. The minimum atomic E-state index is 0.806. The van der Waals surface area contributed by atoms with Gasteiger partial charge in [0.25, 0.3) is 0 Å². The molecule has 0 aliphatic carbocycles. The van der Waals surface area contributed by atoms with Gasteiger partial charge in [0, 0.05) is 28.8 Å². The second kappa shape index (κ2) is 6.09. The number of rotatable bonds is 2. The Kier molecular flexibility index (Phi) is 4.21. The van der Waals surface area contributed by atoms with E-state index in [1.54, 1.807) is 0 Å². The monoisotopic (exact) mass is 383 g/mol. The minimum Gasteiger partial charge on any atom is -0.338 e. The van der Waals surface area contributed by atoms with Gasteiger partial charge in [-0.3, -0.25) is 5.10 Å². The standard InChI is InChI=1S/C14H18IN5/c1-10-4-2-5-11(12(10)15)13-17-14(19-18-13)20-8-3-6-16-7-9-20/h2,4-5,16H,3,6-9H2,1H3,(H,17,18,19). The number of aryl methyl sites for hydroxylation is 1. The van der Waals surface area contributed by atoms with Gasteiger partial charge in [0.05, 0.1) is 0 Å². The molecule has 1 fully saturated rings. The molecule has 106 valence electrons. The van der Waals surface area contributed by atoms with Gasteiger partial charge in [-0.05, 0) is 48.0 Å². The molecule has 6 heteroatoms. The van der Waals surface area contributed by atoms with E-state index in [2.05, 4.69) is 73.1 Å². The number of hydrogen-bond acceptors (Lipinski definition) is 4. The molecule has 0 spiro atoms. The van der Waals surface area contributed by atoms with Gasteiger partial charge in [0.15, 0.2) is 5.82 Å². The van der Waals surface area contributed by atoms with Crippen molar-refractivity contribution in [1.82, 2.24) is 20.5 Å². The fraction of sp³-hybridized carbons (Fsp3) is 0.429. The lowest BCUT2D eigenvalue weighted by Crippen LogP contribution is -2.28. The zero-order valence-corrected chi connectivity index (χ0v) is 13.6. The fourth-order valence-electron chi connectivity index (χ4n) is 2.39. The minimum absolute atomic E-state index is 0.806. The van der Waals surface area contributed by atoms with Crippen molar-refractivity contribution in [3.8, 4) is 11.4 Å². The highest BCUT2D eigenvalue weighted by atomic mass is 127. The molecule has 1 aromatic carbocycles. The molecule has 5 nitrogen and oxygen atoms in total. The molecule has 0 unspecified atom stereocenters. The van der Waals surface area contributed by atoms with Crippen molar-refractivity contribution < 1.29 is 0 Å². The van der Waals surface area contributed by atoms with Crippen LogP contribution in [0.3, 0.4) is 0 Å². The predicted molar refractivity (Wildman–Crippen MR) is 89.0 cm³/mol. The number of anilines is 1. The summed E-state index contributed by atoms with van der Waals surface area (Å²) in [6.45, 7) is 6.15. The molecule has 2 aromatic rings. The Balaban J connectivity index is 1.87. The average molecular weight is 383 g/mol. The Morgan fingerprint density at radius 1 is 1.25 bits per heavy atom. The van der Waals surface area contributed by atoms with Crippen molar-refractivity contribution >= 4 is 28.5 Å². The summed E-state index contributed by atoms with van der Waals surface area (Å²) in [6.07, 6.45) is 1.13. The highest BCUT2D eigenvalue weighted by Crippen LogP contribution is 2.25. The molecule has 3 rings (SSSR count). The molecule has 1 aliphatic heterocycles. The van der Waals surface area contributed by atoms with Gasteiger partial charge in [0.1, 0.15) is 0 Å². The van der Waals surface area contributed by atoms with Gasteiger partial charge in [-0.15, -0.1) is 5.10 Å². The van der Waals surface area contributed by atoms with Crippen LogP contribution in [-0.4, -0.2) is 41.4 Å². The highest BCUT2D eigenvalue weighted by Gasteiger charge is 2.16. The third-order valence-corrected chi connectivity index (χ3v) is 4.98. The van der Waals surface area contributed by atoms with Crippen LogP contribution in [-0.2, 0) is 0 Å². The summed E-state index contributed by atoms with van der Waals surface area (Å²) in [4.78, 5) is 6.91. The van der Waals surface area contributed by atoms with Crippen LogP contribution in [0.4, 0.5) is 5.95 Å². The number of H-pyrrole nitrogens is 1. The first-order valence-electron chi connectivity index (χ1n) is 6.89. The SMILES string of the molecule is Cc1cccc(-c2nc(N3CCCNCC3)n[nH]2)c1I. The van der Waals surface area contributed by atoms with E-state index >= 15 is 0 Å². The van der Waals surface area contributed by atoms with E-state index in [4.69, 9.17) is 0 Å². The second-order valence-corrected chi connectivity index (χ2v) is 6.09. The molecule has 1 aromatic heterocycles. The van der Waals surface area contributed by atoms with Crippen LogP contribution in [0.1, 0.15) is 12.0 Å². The van der Waals surface area contributed by atoms with Crippen LogP contribution >= 0.6 is 22.6 Å². The van der Waals surface area contributed by atoms with E-state index in [0.717, 1.165) is 49.9 Å². The van der Waals surface area contributed by atoms with E-state index in [0.29, 0.717) is 0 Å². The molecule has 0 atom stereocenters. The number of hydrogen-bond donors (Lipinski definition) is 2. The average Bonchev–Trinajstić information content (AvgIpc) is 2.77. The Bertz CT molecular complexity index is 587. The normalized spacial score (nSPS) is 16.2. The van der Waals surface area contributed by atoms with Crippen LogP contribution < -0.4 is 10.2 Å². The summed E-state index contributed by atoms with van der Waals surface area (Å²) in [7, 11) is 0. The van der Waals surface area contributed by atoms with Crippen molar-refractivity contribution in [2.24, 2.45) is 0 Å². The zero-order valence-electron chi connectivity index (χ0n) is 11.5. The second-order valence-electron chi connectivity index (χ2n) is 5.01.